The van der Waals surface area contributed by atoms with Crippen LogP contribution in [0.4, 0.5) is 0 Å². The smallest absolute Gasteiger partial charge is 0.161 e. The SMILES string of the molecule is CC(=O)C(N)c1ccc2c(c1)OCCO2. The summed E-state index contributed by atoms with van der Waals surface area (Å²) in [5.74, 6) is 1.31. The van der Waals surface area contributed by atoms with Gasteiger partial charge in [0.05, 0.1) is 6.04 Å². The van der Waals surface area contributed by atoms with Crippen LogP contribution in [0, 0.1) is 0 Å². The molecule has 0 saturated carbocycles. The molecule has 4 nitrogen and oxygen atoms in total. The van der Waals surface area contributed by atoms with Gasteiger partial charge in [0.25, 0.3) is 0 Å². The highest BCUT2D eigenvalue weighted by atomic mass is 16.6. The summed E-state index contributed by atoms with van der Waals surface area (Å²) < 4.78 is 10.8. The molecule has 0 radical (unpaired) electrons. The van der Waals surface area contributed by atoms with E-state index in [0.29, 0.717) is 24.7 Å². The van der Waals surface area contributed by atoms with E-state index in [9.17, 15) is 4.79 Å². The zero-order chi connectivity index (χ0) is 10.8. The molecule has 1 aliphatic rings. The summed E-state index contributed by atoms with van der Waals surface area (Å²) in [5, 5.41) is 0. The zero-order valence-electron chi connectivity index (χ0n) is 8.53. The number of hydrogen-bond acceptors (Lipinski definition) is 4. The molecule has 0 fully saturated rings. The van der Waals surface area contributed by atoms with Gasteiger partial charge in [0, 0.05) is 0 Å². The van der Waals surface area contributed by atoms with Crippen LogP contribution in [0.5, 0.6) is 11.5 Å². The number of ketones is 1. The average molecular weight is 207 g/mol. The molecule has 0 saturated heterocycles. The maximum absolute atomic E-state index is 11.1. The maximum Gasteiger partial charge on any atom is 0.161 e. The molecule has 2 rings (SSSR count). The Bertz CT molecular complexity index is 389. The highest BCUT2D eigenvalue weighted by molar-refractivity contribution is 5.82. The molecular formula is C11H13NO3. The molecule has 0 bridgehead atoms. The molecule has 80 valence electrons. The van der Waals surface area contributed by atoms with Crippen LogP contribution >= 0.6 is 0 Å². The number of rotatable bonds is 2. The first-order valence-electron chi connectivity index (χ1n) is 4.84. The predicted molar refractivity (Wildman–Crippen MR) is 55.0 cm³/mol. The van der Waals surface area contributed by atoms with Gasteiger partial charge in [-0.3, -0.25) is 4.79 Å². The summed E-state index contributed by atoms with van der Waals surface area (Å²) in [7, 11) is 0. The fourth-order valence-corrected chi connectivity index (χ4v) is 1.49. The maximum atomic E-state index is 11.1. The van der Waals surface area contributed by atoms with Gasteiger partial charge in [0.15, 0.2) is 17.3 Å². The molecule has 1 aliphatic heterocycles. The van der Waals surface area contributed by atoms with E-state index >= 15 is 0 Å². The lowest BCUT2D eigenvalue weighted by Crippen LogP contribution is -2.20. The standard InChI is InChI=1S/C11H13NO3/c1-7(13)11(12)8-2-3-9-10(6-8)15-5-4-14-9/h2-3,6,11H,4-5,12H2,1H3. The van der Waals surface area contributed by atoms with Gasteiger partial charge < -0.3 is 15.2 Å². The molecule has 1 aromatic carbocycles. The number of Topliss-reactive ketones (excluding diaryl/α,β-unsaturated/α-hetero) is 1. The van der Waals surface area contributed by atoms with Crippen LogP contribution in [-0.2, 0) is 4.79 Å². The number of benzene rings is 1. The second-order valence-corrected chi connectivity index (χ2v) is 3.49. The molecule has 1 heterocycles. The lowest BCUT2D eigenvalue weighted by atomic mass is 10.0. The number of ether oxygens (including phenoxy) is 2. The van der Waals surface area contributed by atoms with E-state index in [-0.39, 0.29) is 5.78 Å². The van der Waals surface area contributed by atoms with E-state index in [0.717, 1.165) is 5.56 Å². The van der Waals surface area contributed by atoms with Gasteiger partial charge in [0.1, 0.15) is 13.2 Å². The van der Waals surface area contributed by atoms with Crippen LogP contribution in [0.2, 0.25) is 0 Å². The molecule has 4 heteroatoms. The Hall–Kier alpha value is -1.55. The summed E-state index contributed by atoms with van der Waals surface area (Å²) in [6.07, 6.45) is 0. The van der Waals surface area contributed by atoms with Gasteiger partial charge >= 0.3 is 0 Å². The van der Waals surface area contributed by atoms with Crippen LogP contribution in [0.3, 0.4) is 0 Å². The van der Waals surface area contributed by atoms with Crippen molar-refractivity contribution in [3.8, 4) is 11.5 Å². The van der Waals surface area contributed by atoms with Crippen LogP contribution in [0.25, 0.3) is 0 Å². The van der Waals surface area contributed by atoms with E-state index in [1.165, 1.54) is 6.92 Å². The first-order chi connectivity index (χ1) is 7.18. The van der Waals surface area contributed by atoms with Crippen molar-refractivity contribution in [3.63, 3.8) is 0 Å². The van der Waals surface area contributed by atoms with Gasteiger partial charge in [-0.2, -0.15) is 0 Å². The third-order valence-electron chi connectivity index (χ3n) is 2.36. The van der Waals surface area contributed by atoms with Gasteiger partial charge in [-0.25, -0.2) is 0 Å². The van der Waals surface area contributed by atoms with Crippen molar-refractivity contribution in [1.29, 1.82) is 0 Å². The Labute approximate surface area is 88.0 Å². The third kappa shape index (κ3) is 1.94. The summed E-state index contributed by atoms with van der Waals surface area (Å²) >= 11 is 0. The van der Waals surface area contributed by atoms with Gasteiger partial charge in [-0.15, -0.1) is 0 Å². The Morgan fingerprint density at radius 3 is 2.67 bits per heavy atom. The van der Waals surface area contributed by atoms with E-state index < -0.39 is 6.04 Å². The van der Waals surface area contributed by atoms with Crippen molar-refractivity contribution < 1.29 is 14.3 Å². The molecule has 0 spiro atoms. The lowest BCUT2D eigenvalue weighted by molar-refractivity contribution is -0.118. The fourth-order valence-electron chi connectivity index (χ4n) is 1.49. The van der Waals surface area contributed by atoms with Crippen LogP contribution in [0.1, 0.15) is 18.5 Å². The van der Waals surface area contributed by atoms with Crippen molar-refractivity contribution >= 4 is 5.78 Å². The van der Waals surface area contributed by atoms with Crippen LogP contribution < -0.4 is 15.2 Å². The molecule has 0 aromatic heterocycles. The molecule has 1 unspecified atom stereocenters. The Morgan fingerprint density at radius 2 is 2.00 bits per heavy atom. The molecule has 1 aromatic rings. The first kappa shape index (κ1) is 9.98. The molecule has 15 heavy (non-hydrogen) atoms. The number of nitrogens with two attached hydrogens (primary N) is 1. The number of fused-ring (bicyclic) bond motifs is 1. The van der Waals surface area contributed by atoms with E-state index in [4.69, 9.17) is 15.2 Å². The highest BCUT2D eigenvalue weighted by Gasteiger charge is 2.16. The molecule has 0 aliphatic carbocycles. The van der Waals surface area contributed by atoms with E-state index in [1.807, 2.05) is 0 Å². The lowest BCUT2D eigenvalue weighted by Gasteiger charge is -2.19. The van der Waals surface area contributed by atoms with E-state index in [2.05, 4.69) is 0 Å². The van der Waals surface area contributed by atoms with Crippen LogP contribution in [-0.4, -0.2) is 19.0 Å². The minimum atomic E-state index is -0.583. The highest BCUT2D eigenvalue weighted by Crippen LogP contribution is 2.32. The van der Waals surface area contributed by atoms with Crippen molar-refractivity contribution in [2.24, 2.45) is 5.73 Å². The minimum absolute atomic E-state index is 0.0633. The van der Waals surface area contributed by atoms with Gasteiger partial charge in [-0.05, 0) is 24.6 Å². The monoisotopic (exact) mass is 207 g/mol. The number of carbonyl (C=O) groups excluding carboxylic acids is 1. The number of hydrogen-bond donors (Lipinski definition) is 1. The van der Waals surface area contributed by atoms with E-state index in [1.54, 1.807) is 18.2 Å². The quantitative estimate of drug-likeness (QED) is 0.787. The topological polar surface area (TPSA) is 61.6 Å². The zero-order valence-corrected chi connectivity index (χ0v) is 8.53. The average Bonchev–Trinajstić information content (AvgIpc) is 2.27. The Morgan fingerprint density at radius 1 is 1.33 bits per heavy atom. The molecule has 2 N–H and O–H groups in total. The van der Waals surface area contributed by atoms with Crippen molar-refractivity contribution in [3.05, 3.63) is 23.8 Å². The van der Waals surface area contributed by atoms with Crippen molar-refractivity contribution in [1.82, 2.24) is 0 Å². The van der Waals surface area contributed by atoms with Crippen LogP contribution in [0.15, 0.2) is 18.2 Å². The summed E-state index contributed by atoms with van der Waals surface area (Å²) in [5.41, 5.74) is 6.48. The summed E-state index contributed by atoms with van der Waals surface area (Å²) in [6.45, 7) is 2.57. The summed E-state index contributed by atoms with van der Waals surface area (Å²) in [6, 6.07) is 4.76. The predicted octanol–water partition coefficient (Wildman–Crippen LogP) is 1.05. The summed E-state index contributed by atoms with van der Waals surface area (Å²) in [4.78, 5) is 11.1. The molecule has 1 atom stereocenters. The number of carbonyl (C=O) groups is 1. The second-order valence-electron chi connectivity index (χ2n) is 3.49. The third-order valence-corrected chi connectivity index (χ3v) is 2.36. The van der Waals surface area contributed by atoms with Gasteiger partial charge in [-0.1, -0.05) is 6.07 Å². The molecular weight excluding hydrogens is 194 g/mol. The Kier molecular flexibility index (Phi) is 2.60. The largest absolute Gasteiger partial charge is 0.486 e. The normalized spacial score (nSPS) is 15.9. The minimum Gasteiger partial charge on any atom is -0.486 e. The van der Waals surface area contributed by atoms with Gasteiger partial charge in [0.2, 0.25) is 0 Å². The Balaban J connectivity index is 2.31. The first-order valence-corrected chi connectivity index (χ1v) is 4.84. The van der Waals surface area contributed by atoms with Crippen molar-refractivity contribution in [2.75, 3.05) is 13.2 Å². The second kappa shape index (κ2) is 3.90. The molecule has 0 amide bonds. The fraction of sp³-hybridized carbons (Fsp3) is 0.364. The van der Waals surface area contributed by atoms with Crippen molar-refractivity contribution in [2.45, 2.75) is 13.0 Å².